The van der Waals surface area contributed by atoms with Crippen molar-refractivity contribution in [2.24, 2.45) is 5.73 Å². The molecule has 0 saturated heterocycles. The number of rotatable bonds is 2. The van der Waals surface area contributed by atoms with E-state index in [1.165, 1.54) is 18.2 Å². The second-order valence-corrected chi connectivity index (χ2v) is 3.92. The van der Waals surface area contributed by atoms with Crippen LogP contribution in [0.2, 0.25) is 0 Å². The average molecular weight is 233 g/mol. The van der Waals surface area contributed by atoms with Crippen molar-refractivity contribution in [2.45, 2.75) is 13.5 Å². The van der Waals surface area contributed by atoms with E-state index >= 15 is 0 Å². The molecule has 0 amide bonds. The van der Waals surface area contributed by atoms with Crippen molar-refractivity contribution < 1.29 is 8.78 Å². The van der Waals surface area contributed by atoms with Gasteiger partial charge in [-0.25, -0.2) is 8.78 Å². The summed E-state index contributed by atoms with van der Waals surface area (Å²) in [7, 11) is 0. The zero-order valence-electron chi connectivity index (χ0n) is 9.50. The van der Waals surface area contributed by atoms with Gasteiger partial charge in [0.25, 0.3) is 0 Å². The minimum atomic E-state index is -0.346. The third-order valence-corrected chi connectivity index (χ3v) is 2.85. The third-order valence-electron chi connectivity index (χ3n) is 2.85. The van der Waals surface area contributed by atoms with Gasteiger partial charge in [-0.15, -0.1) is 0 Å². The maximum absolute atomic E-state index is 13.5. The summed E-state index contributed by atoms with van der Waals surface area (Å²) in [4.78, 5) is 0. The van der Waals surface area contributed by atoms with Gasteiger partial charge < -0.3 is 5.73 Å². The van der Waals surface area contributed by atoms with Gasteiger partial charge in [0.15, 0.2) is 0 Å². The Bertz CT molecular complexity index is 550. The van der Waals surface area contributed by atoms with Crippen molar-refractivity contribution in [1.29, 1.82) is 0 Å². The summed E-state index contributed by atoms with van der Waals surface area (Å²) >= 11 is 0. The van der Waals surface area contributed by atoms with Gasteiger partial charge in [-0.1, -0.05) is 18.2 Å². The van der Waals surface area contributed by atoms with Crippen LogP contribution in [0.5, 0.6) is 0 Å². The summed E-state index contributed by atoms with van der Waals surface area (Å²) < 4.78 is 26.7. The Morgan fingerprint density at radius 1 is 1.06 bits per heavy atom. The fraction of sp³-hybridized carbons (Fsp3) is 0.143. The summed E-state index contributed by atoms with van der Waals surface area (Å²) in [6.07, 6.45) is 0. The first-order chi connectivity index (χ1) is 8.13. The van der Waals surface area contributed by atoms with Crippen LogP contribution in [0.1, 0.15) is 11.1 Å². The first-order valence-electron chi connectivity index (χ1n) is 5.37. The molecule has 0 fully saturated rings. The molecule has 3 heteroatoms. The van der Waals surface area contributed by atoms with Gasteiger partial charge in [0.05, 0.1) is 0 Å². The minimum Gasteiger partial charge on any atom is -0.326 e. The lowest BCUT2D eigenvalue weighted by Crippen LogP contribution is -2.00. The molecule has 2 aromatic rings. The summed E-state index contributed by atoms with van der Waals surface area (Å²) in [6, 6.07) is 9.16. The van der Waals surface area contributed by atoms with Crippen LogP contribution in [0, 0.1) is 18.6 Å². The first kappa shape index (κ1) is 11.7. The molecule has 0 atom stereocenters. The predicted molar refractivity (Wildman–Crippen MR) is 64.4 cm³/mol. The molecule has 0 aliphatic heterocycles. The maximum Gasteiger partial charge on any atom is 0.126 e. The molecule has 88 valence electrons. The lowest BCUT2D eigenvalue weighted by Gasteiger charge is -2.11. The summed E-state index contributed by atoms with van der Waals surface area (Å²) in [5.74, 6) is -0.643. The number of benzene rings is 2. The molecular weight excluding hydrogens is 220 g/mol. The summed E-state index contributed by atoms with van der Waals surface area (Å²) in [5, 5.41) is 0. The van der Waals surface area contributed by atoms with Crippen molar-refractivity contribution in [3.05, 3.63) is 59.2 Å². The first-order valence-corrected chi connectivity index (χ1v) is 5.37. The molecule has 0 spiro atoms. The molecule has 1 nitrogen and oxygen atoms in total. The quantitative estimate of drug-likeness (QED) is 0.845. The smallest absolute Gasteiger partial charge is 0.126 e. The zero-order valence-corrected chi connectivity index (χ0v) is 9.50. The van der Waals surface area contributed by atoms with Gasteiger partial charge >= 0.3 is 0 Å². The van der Waals surface area contributed by atoms with E-state index in [-0.39, 0.29) is 11.6 Å². The van der Waals surface area contributed by atoms with Gasteiger partial charge in [0, 0.05) is 6.54 Å². The lowest BCUT2D eigenvalue weighted by atomic mass is 9.95. The summed E-state index contributed by atoms with van der Waals surface area (Å²) in [6.45, 7) is 1.97. The molecule has 0 saturated carbocycles. The van der Waals surface area contributed by atoms with Crippen molar-refractivity contribution in [2.75, 3.05) is 0 Å². The van der Waals surface area contributed by atoms with E-state index in [0.717, 1.165) is 5.56 Å². The molecule has 0 bridgehead atoms. The van der Waals surface area contributed by atoms with Gasteiger partial charge in [0.2, 0.25) is 0 Å². The van der Waals surface area contributed by atoms with Crippen molar-refractivity contribution in [1.82, 2.24) is 0 Å². The fourth-order valence-electron chi connectivity index (χ4n) is 1.88. The minimum absolute atomic E-state index is 0.297. The highest BCUT2D eigenvalue weighted by Gasteiger charge is 2.10. The van der Waals surface area contributed by atoms with Crippen molar-refractivity contribution >= 4 is 0 Å². The molecule has 2 rings (SSSR count). The Balaban J connectivity index is 2.67. The Morgan fingerprint density at radius 2 is 1.82 bits per heavy atom. The van der Waals surface area contributed by atoms with E-state index in [4.69, 9.17) is 5.73 Å². The SMILES string of the molecule is Cc1c(F)cccc1-c1cc(F)ccc1CN. The Kier molecular flexibility index (Phi) is 3.20. The molecule has 0 radical (unpaired) electrons. The monoisotopic (exact) mass is 233 g/mol. The second kappa shape index (κ2) is 4.63. The molecule has 0 aliphatic carbocycles. The number of nitrogens with two attached hydrogens (primary N) is 1. The molecule has 0 aliphatic rings. The van der Waals surface area contributed by atoms with Crippen LogP contribution < -0.4 is 5.73 Å². The normalized spacial score (nSPS) is 10.6. The molecule has 17 heavy (non-hydrogen) atoms. The second-order valence-electron chi connectivity index (χ2n) is 3.92. The number of hydrogen-bond acceptors (Lipinski definition) is 1. The summed E-state index contributed by atoms with van der Waals surface area (Å²) in [5.41, 5.74) is 8.26. The van der Waals surface area contributed by atoms with E-state index in [2.05, 4.69) is 0 Å². The van der Waals surface area contributed by atoms with Gasteiger partial charge in [-0.05, 0) is 47.4 Å². The predicted octanol–water partition coefficient (Wildman–Crippen LogP) is 3.40. The van der Waals surface area contributed by atoms with Gasteiger partial charge in [-0.2, -0.15) is 0 Å². The fourth-order valence-corrected chi connectivity index (χ4v) is 1.88. The Morgan fingerprint density at radius 3 is 2.53 bits per heavy atom. The Labute approximate surface area is 98.9 Å². The molecule has 0 heterocycles. The van der Waals surface area contributed by atoms with Crippen LogP contribution in [0.25, 0.3) is 11.1 Å². The average Bonchev–Trinajstić information content (AvgIpc) is 2.33. The lowest BCUT2D eigenvalue weighted by molar-refractivity contribution is 0.618. The van der Waals surface area contributed by atoms with Crippen LogP contribution in [0.4, 0.5) is 8.78 Å². The van der Waals surface area contributed by atoms with Crippen LogP contribution >= 0.6 is 0 Å². The highest BCUT2D eigenvalue weighted by Crippen LogP contribution is 2.28. The van der Waals surface area contributed by atoms with Crippen LogP contribution in [0.3, 0.4) is 0 Å². The van der Waals surface area contributed by atoms with E-state index in [0.29, 0.717) is 23.2 Å². The standard InChI is InChI=1S/C14H13F2N/c1-9-12(3-2-4-14(9)16)13-7-11(15)6-5-10(13)8-17/h2-7H,8,17H2,1H3. The molecule has 2 N–H and O–H groups in total. The highest BCUT2D eigenvalue weighted by atomic mass is 19.1. The molecule has 2 aromatic carbocycles. The maximum atomic E-state index is 13.5. The molecular formula is C14H13F2N. The number of hydrogen-bond donors (Lipinski definition) is 1. The van der Waals surface area contributed by atoms with Crippen LogP contribution in [0.15, 0.2) is 36.4 Å². The van der Waals surface area contributed by atoms with Crippen LogP contribution in [-0.2, 0) is 6.54 Å². The largest absolute Gasteiger partial charge is 0.326 e. The number of halogens is 2. The van der Waals surface area contributed by atoms with Crippen molar-refractivity contribution in [3.8, 4) is 11.1 Å². The topological polar surface area (TPSA) is 26.0 Å². The van der Waals surface area contributed by atoms with Crippen LogP contribution in [-0.4, -0.2) is 0 Å². The van der Waals surface area contributed by atoms with E-state index in [1.807, 2.05) is 0 Å². The zero-order chi connectivity index (χ0) is 12.4. The third kappa shape index (κ3) is 2.19. The Hall–Kier alpha value is -1.74. The highest BCUT2D eigenvalue weighted by molar-refractivity contribution is 5.70. The van der Waals surface area contributed by atoms with Crippen molar-refractivity contribution in [3.63, 3.8) is 0 Å². The molecule has 0 unspecified atom stereocenters. The molecule has 0 aromatic heterocycles. The van der Waals surface area contributed by atoms with E-state index in [1.54, 1.807) is 25.1 Å². The van der Waals surface area contributed by atoms with Gasteiger partial charge in [0.1, 0.15) is 11.6 Å². The van der Waals surface area contributed by atoms with E-state index < -0.39 is 0 Å². The van der Waals surface area contributed by atoms with Gasteiger partial charge in [-0.3, -0.25) is 0 Å². The van der Waals surface area contributed by atoms with E-state index in [9.17, 15) is 8.78 Å².